The monoisotopic (exact) mass is 252 g/mol. The van der Waals surface area contributed by atoms with Crippen molar-refractivity contribution < 1.29 is 9.59 Å². The van der Waals surface area contributed by atoms with Gasteiger partial charge in [0.05, 0.1) is 0 Å². The molecule has 102 valence electrons. The average molecular weight is 252 g/mol. The number of hydrogen-bond acceptors (Lipinski definition) is 2. The van der Waals surface area contributed by atoms with Crippen molar-refractivity contribution in [3.8, 4) is 0 Å². The van der Waals surface area contributed by atoms with Gasteiger partial charge in [0.15, 0.2) is 0 Å². The maximum absolute atomic E-state index is 12.5. The molecule has 0 saturated carbocycles. The van der Waals surface area contributed by atoms with Crippen molar-refractivity contribution in [3.05, 3.63) is 0 Å². The summed E-state index contributed by atoms with van der Waals surface area (Å²) in [5, 5.41) is 0. The maximum atomic E-state index is 12.5. The minimum absolute atomic E-state index is 0.142. The molecule has 2 atom stereocenters. The number of piperidine rings is 1. The Balaban J connectivity index is 2.11. The van der Waals surface area contributed by atoms with E-state index in [1.165, 1.54) is 0 Å². The maximum Gasteiger partial charge on any atom is 0.246 e. The van der Waals surface area contributed by atoms with Crippen LogP contribution in [0, 0.1) is 5.92 Å². The number of piperazine rings is 1. The van der Waals surface area contributed by atoms with Crippen LogP contribution in [0.25, 0.3) is 0 Å². The van der Waals surface area contributed by atoms with Crippen molar-refractivity contribution in [2.45, 2.75) is 58.5 Å². The van der Waals surface area contributed by atoms with E-state index in [0.717, 1.165) is 32.2 Å². The number of nitrogens with zero attached hydrogens (tertiary/aromatic N) is 2. The van der Waals surface area contributed by atoms with E-state index >= 15 is 0 Å². The molecular formula is C14H24N2O2. The minimum Gasteiger partial charge on any atom is -0.329 e. The zero-order chi connectivity index (χ0) is 13.3. The summed E-state index contributed by atoms with van der Waals surface area (Å²) >= 11 is 0. The Bertz CT molecular complexity index is 341. The van der Waals surface area contributed by atoms with Gasteiger partial charge in [-0.2, -0.15) is 0 Å². The van der Waals surface area contributed by atoms with Crippen LogP contribution in [0.4, 0.5) is 0 Å². The summed E-state index contributed by atoms with van der Waals surface area (Å²) < 4.78 is 0. The highest BCUT2D eigenvalue weighted by Crippen LogP contribution is 2.26. The average Bonchev–Trinajstić information content (AvgIpc) is 2.36. The molecule has 2 amide bonds. The van der Waals surface area contributed by atoms with Crippen molar-refractivity contribution >= 4 is 11.8 Å². The predicted octanol–water partition coefficient (Wildman–Crippen LogP) is 1.64. The van der Waals surface area contributed by atoms with Crippen molar-refractivity contribution in [3.63, 3.8) is 0 Å². The van der Waals surface area contributed by atoms with Crippen LogP contribution < -0.4 is 0 Å². The lowest BCUT2D eigenvalue weighted by Crippen LogP contribution is -2.65. The van der Waals surface area contributed by atoms with Crippen molar-refractivity contribution in [2.75, 3.05) is 13.1 Å². The van der Waals surface area contributed by atoms with E-state index in [0.29, 0.717) is 12.5 Å². The van der Waals surface area contributed by atoms with Crippen molar-refractivity contribution in [1.29, 1.82) is 0 Å². The number of carbonyl (C=O) groups excluding carboxylic acids is 2. The molecule has 2 heterocycles. The van der Waals surface area contributed by atoms with Gasteiger partial charge in [0.1, 0.15) is 12.1 Å². The first kappa shape index (κ1) is 13.4. The van der Waals surface area contributed by atoms with Gasteiger partial charge in [-0.25, -0.2) is 0 Å². The van der Waals surface area contributed by atoms with Gasteiger partial charge < -0.3 is 9.80 Å². The highest BCUT2D eigenvalue weighted by molar-refractivity contribution is 5.96. The summed E-state index contributed by atoms with van der Waals surface area (Å²) in [7, 11) is 0. The van der Waals surface area contributed by atoms with Crippen LogP contribution >= 0.6 is 0 Å². The third-order valence-corrected chi connectivity index (χ3v) is 4.13. The van der Waals surface area contributed by atoms with Gasteiger partial charge >= 0.3 is 0 Å². The standard InChI is InChI=1S/C14H24N2O2/c1-10(2)7-9-15-11(3)13(17)16-8-5-4-6-12(16)14(15)18/h10-12H,4-9H2,1-3H3. The summed E-state index contributed by atoms with van der Waals surface area (Å²) in [5.41, 5.74) is 0. The summed E-state index contributed by atoms with van der Waals surface area (Å²) in [4.78, 5) is 28.4. The zero-order valence-electron chi connectivity index (χ0n) is 11.7. The third kappa shape index (κ3) is 2.38. The van der Waals surface area contributed by atoms with Crippen LogP contribution in [0.15, 0.2) is 0 Å². The van der Waals surface area contributed by atoms with Crippen LogP contribution in [-0.2, 0) is 9.59 Å². The van der Waals surface area contributed by atoms with Gasteiger partial charge in [0, 0.05) is 13.1 Å². The van der Waals surface area contributed by atoms with E-state index in [4.69, 9.17) is 0 Å². The second kappa shape index (κ2) is 5.29. The molecule has 2 saturated heterocycles. The fourth-order valence-electron chi connectivity index (χ4n) is 2.91. The summed E-state index contributed by atoms with van der Waals surface area (Å²) in [5.74, 6) is 0.870. The van der Waals surface area contributed by atoms with E-state index < -0.39 is 0 Å². The SMILES string of the molecule is CC(C)CCN1C(=O)C2CCCCN2C(=O)C1C. The lowest BCUT2D eigenvalue weighted by Gasteiger charge is -2.46. The molecule has 2 aliphatic rings. The Kier molecular flexibility index (Phi) is 3.93. The molecule has 4 nitrogen and oxygen atoms in total. The lowest BCUT2D eigenvalue weighted by molar-refractivity contribution is -0.163. The summed E-state index contributed by atoms with van der Waals surface area (Å²) in [6, 6.07) is -0.444. The molecule has 2 fully saturated rings. The van der Waals surface area contributed by atoms with E-state index in [2.05, 4.69) is 13.8 Å². The van der Waals surface area contributed by atoms with Gasteiger partial charge in [-0.15, -0.1) is 0 Å². The van der Waals surface area contributed by atoms with Gasteiger partial charge in [0.25, 0.3) is 0 Å². The fraction of sp³-hybridized carbons (Fsp3) is 0.857. The topological polar surface area (TPSA) is 40.6 Å². The number of carbonyl (C=O) groups is 2. The Morgan fingerprint density at radius 1 is 1.22 bits per heavy atom. The van der Waals surface area contributed by atoms with Crippen molar-refractivity contribution in [1.82, 2.24) is 9.80 Å². The summed E-state index contributed by atoms with van der Waals surface area (Å²) in [6.45, 7) is 7.64. The smallest absolute Gasteiger partial charge is 0.246 e. The molecule has 0 aromatic carbocycles. The van der Waals surface area contributed by atoms with E-state index in [1.54, 1.807) is 4.90 Å². The Hall–Kier alpha value is -1.06. The minimum atomic E-state index is -0.273. The number of rotatable bonds is 3. The molecular weight excluding hydrogens is 228 g/mol. The molecule has 0 aromatic rings. The molecule has 18 heavy (non-hydrogen) atoms. The number of fused-ring (bicyclic) bond motifs is 1. The molecule has 0 radical (unpaired) electrons. The summed E-state index contributed by atoms with van der Waals surface area (Å²) in [6.07, 6.45) is 3.91. The Labute approximate surface area is 109 Å². The molecule has 0 bridgehead atoms. The largest absolute Gasteiger partial charge is 0.329 e. The molecule has 0 spiro atoms. The molecule has 2 aliphatic heterocycles. The second-order valence-electron chi connectivity index (χ2n) is 5.93. The van der Waals surface area contributed by atoms with Gasteiger partial charge in [0.2, 0.25) is 11.8 Å². The van der Waals surface area contributed by atoms with Crippen LogP contribution in [0.2, 0.25) is 0 Å². The Morgan fingerprint density at radius 3 is 2.61 bits per heavy atom. The first-order chi connectivity index (χ1) is 8.52. The molecule has 0 aliphatic carbocycles. The highest BCUT2D eigenvalue weighted by atomic mass is 16.2. The van der Waals surface area contributed by atoms with Gasteiger partial charge in [-0.05, 0) is 38.5 Å². The lowest BCUT2D eigenvalue weighted by atomic mass is 9.95. The first-order valence-corrected chi connectivity index (χ1v) is 7.13. The van der Waals surface area contributed by atoms with Gasteiger partial charge in [-0.3, -0.25) is 9.59 Å². The van der Waals surface area contributed by atoms with E-state index in [9.17, 15) is 9.59 Å². The van der Waals surface area contributed by atoms with Crippen molar-refractivity contribution in [2.24, 2.45) is 5.92 Å². The molecule has 2 unspecified atom stereocenters. The predicted molar refractivity (Wildman–Crippen MR) is 70.0 cm³/mol. The third-order valence-electron chi connectivity index (χ3n) is 4.13. The first-order valence-electron chi connectivity index (χ1n) is 7.13. The highest BCUT2D eigenvalue weighted by Gasteiger charge is 2.44. The van der Waals surface area contributed by atoms with Gasteiger partial charge in [-0.1, -0.05) is 13.8 Å². The normalized spacial score (nSPS) is 28.9. The Morgan fingerprint density at radius 2 is 1.94 bits per heavy atom. The molecule has 2 rings (SSSR count). The van der Waals surface area contributed by atoms with Crippen LogP contribution in [0.1, 0.15) is 46.5 Å². The fourth-order valence-corrected chi connectivity index (χ4v) is 2.91. The van der Waals surface area contributed by atoms with Crippen LogP contribution in [0.5, 0.6) is 0 Å². The second-order valence-corrected chi connectivity index (χ2v) is 5.93. The number of amides is 2. The molecule has 0 aromatic heterocycles. The molecule has 0 N–H and O–H groups in total. The van der Waals surface area contributed by atoms with Crippen LogP contribution in [-0.4, -0.2) is 46.8 Å². The van der Waals surface area contributed by atoms with E-state index in [-0.39, 0.29) is 23.9 Å². The zero-order valence-corrected chi connectivity index (χ0v) is 11.7. The number of hydrogen-bond donors (Lipinski definition) is 0. The quantitative estimate of drug-likeness (QED) is 0.766. The van der Waals surface area contributed by atoms with Crippen LogP contribution in [0.3, 0.4) is 0 Å². The molecule has 4 heteroatoms. The van der Waals surface area contributed by atoms with E-state index in [1.807, 2.05) is 11.8 Å².